The zero-order chi connectivity index (χ0) is 12.3. The maximum atomic E-state index is 5.71. The molecule has 0 aromatic carbocycles. The predicted molar refractivity (Wildman–Crippen MR) is 69.4 cm³/mol. The van der Waals surface area contributed by atoms with Crippen LogP contribution in [-0.2, 0) is 11.3 Å². The van der Waals surface area contributed by atoms with Crippen molar-refractivity contribution in [2.75, 3.05) is 25.0 Å². The lowest BCUT2D eigenvalue weighted by Gasteiger charge is -2.34. The van der Waals surface area contributed by atoms with Gasteiger partial charge >= 0.3 is 0 Å². The van der Waals surface area contributed by atoms with E-state index in [2.05, 4.69) is 41.2 Å². The van der Waals surface area contributed by atoms with E-state index in [1.165, 1.54) is 0 Å². The Hall–Kier alpha value is -0.720. The summed E-state index contributed by atoms with van der Waals surface area (Å²) in [6.45, 7) is 10.0. The van der Waals surface area contributed by atoms with Gasteiger partial charge in [-0.25, -0.2) is 0 Å². The fraction of sp³-hybridized carbons (Fsp3) is 0.818. The first-order chi connectivity index (χ1) is 8.17. The van der Waals surface area contributed by atoms with Crippen LogP contribution in [0.2, 0.25) is 0 Å². The predicted octanol–water partition coefficient (Wildman–Crippen LogP) is 1.58. The molecule has 0 bridgehead atoms. The van der Waals surface area contributed by atoms with E-state index < -0.39 is 0 Å². The topological polar surface area (TPSA) is 50.3 Å². The third kappa shape index (κ3) is 3.62. The lowest BCUT2D eigenvalue weighted by Crippen LogP contribution is -2.44. The molecule has 0 radical (unpaired) electrons. The number of nitrogens with zero attached hydrogens (tertiary/aromatic N) is 3. The summed E-state index contributed by atoms with van der Waals surface area (Å²) in [5, 5.41) is 13.5. The van der Waals surface area contributed by atoms with E-state index in [-0.39, 0.29) is 0 Å². The minimum atomic E-state index is 0.305. The molecule has 0 spiro atoms. The summed E-state index contributed by atoms with van der Waals surface area (Å²) in [5.74, 6) is 0. The average Bonchev–Trinajstić information content (AvgIpc) is 2.64. The average molecular weight is 256 g/mol. The highest BCUT2D eigenvalue weighted by molar-refractivity contribution is 7.15. The van der Waals surface area contributed by atoms with Gasteiger partial charge in [0, 0.05) is 19.6 Å². The van der Waals surface area contributed by atoms with Gasteiger partial charge in [0.15, 0.2) is 0 Å². The second-order valence-corrected chi connectivity index (χ2v) is 5.54. The molecule has 0 amide bonds. The highest BCUT2D eigenvalue weighted by Gasteiger charge is 2.23. The Bertz CT molecular complexity index is 347. The molecule has 1 fully saturated rings. The van der Waals surface area contributed by atoms with Crippen molar-refractivity contribution in [3.63, 3.8) is 0 Å². The number of morpholine rings is 1. The van der Waals surface area contributed by atoms with Crippen LogP contribution < -0.4 is 5.32 Å². The molecule has 2 heterocycles. The van der Waals surface area contributed by atoms with Crippen LogP contribution in [0.1, 0.15) is 25.8 Å². The monoisotopic (exact) mass is 256 g/mol. The van der Waals surface area contributed by atoms with Crippen molar-refractivity contribution < 1.29 is 4.74 Å². The minimum absolute atomic E-state index is 0.305. The van der Waals surface area contributed by atoms with E-state index in [1.807, 2.05) is 0 Å². The molecule has 17 heavy (non-hydrogen) atoms. The van der Waals surface area contributed by atoms with Crippen LogP contribution >= 0.6 is 11.3 Å². The van der Waals surface area contributed by atoms with Crippen LogP contribution in [0.3, 0.4) is 0 Å². The van der Waals surface area contributed by atoms with Crippen LogP contribution in [0.25, 0.3) is 0 Å². The number of hydrogen-bond donors (Lipinski definition) is 1. The largest absolute Gasteiger partial charge is 0.373 e. The maximum absolute atomic E-state index is 5.71. The van der Waals surface area contributed by atoms with E-state index in [4.69, 9.17) is 4.74 Å². The number of aromatic nitrogens is 2. The second kappa shape index (κ2) is 5.75. The van der Waals surface area contributed by atoms with E-state index >= 15 is 0 Å². The molecule has 6 heteroatoms. The molecule has 1 aliphatic heterocycles. The van der Waals surface area contributed by atoms with Crippen LogP contribution in [0.5, 0.6) is 0 Å². The van der Waals surface area contributed by atoms with Crippen molar-refractivity contribution >= 4 is 16.5 Å². The van der Waals surface area contributed by atoms with Crippen molar-refractivity contribution in [2.45, 2.75) is 39.5 Å². The van der Waals surface area contributed by atoms with E-state index in [9.17, 15) is 0 Å². The fourth-order valence-electron chi connectivity index (χ4n) is 2.14. The van der Waals surface area contributed by atoms with Gasteiger partial charge in [-0.1, -0.05) is 11.3 Å². The molecule has 0 saturated carbocycles. The lowest BCUT2D eigenvalue weighted by molar-refractivity contribution is -0.0705. The smallest absolute Gasteiger partial charge is 0.205 e. The molecule has 5 nitrogen and oxygen atoms in total. The Kier molecular flexibility index (Phi) is 4.31. The standard InChI is InChI=1S/C11H20N4OS/c1-4-12-11-14-13-10(17-11)7-15-5-8(2)16-9(3)6-15/h8-9H,4-7H2,1-3H3,(H,12,14). The Morgan fingerprint density at radius 1 is 1.35 bits per heavy atom. The molecule has 1 aromatic heterocycles. The first-order valence-corrected chi connectivity index (χ1v) is 6.93. The number of ether oxygens (including phenoxy) is 1. The highest BCUT2D eigenvalue weighted by Crippen LogP contribution is 2.19. The van der Waals surface area contributed by atoms with Crippen LogP contribution in [0, 0.1) is 0 Å². The molecule has 1 aromatic rings. The van der Waals surface area contributed by atoms with Gasteiger partial charge in [-0.2, -0.15) is 0 Å². The summed E-state index contributed by atoms with van der Waals surface area (Å²) < 4.78 is 5.71. The second-order valence-electron chi connectivity index (χ2n) is 4.48. The summed E-state index contributed by atoms with van der Waals surface area (Å²) in [7, 11) is 0. The third-order valence-electron chi connectivity index (χ3n) is 2.65. The fourth-order valence-corrected chi connectivity index (χ4v) is 3.00. The van der Waals surface area contributed by atoms with Crippen molar-refractivity contribution in [2.24, 2.45) is 0 Å². The molecule has 2 unspecified atom stereocenters. The highest BCUT2D eigenvalue weighted by atomic mass is 32.1. The van der Waals surface area contributed by atoms with Gasteiger partial charge in [0.05, 0.1) is 18.8 Å². The maximum Gasteiger partial charge on any atom is 0.205 e. The molecular formula is C11H20N4OS. The lowest BCUT2D eigenvalue weighted by atomic mass is 10.2. The van der Waals surface area contributed by atoms with Crippen LogP contribution in [-0.4, -0.2) is 46.9 Å². The van der Waals surface area contributed by atoms with E-state index in [0.29, 0.717) is 12.2 Å². The van der Waals surface area contributed by atoms with Gasteiger partial charge in [0.1, 0.15) is 5.01 Å². The number of anilines is 1. The SMILES string of the molecule is CCNc1nnc(CN2CC(C)OC(C)C2)s1. The molecule has 1 N–H and O–H groups in total. The zero-order valence-electron chi connectivity index (χ0n) is 10.6. The molecule has 2 atom stereocenters. The summed E-state index contributed by atoms with van der Waals surface area (Å²) >= 11 is 1.64. The first kappa shape index (κ1) is 12.7. The van der Waals surface area contributed by atoms with Crippen LogP contribution in [0.4, 0.5) is 5.13 Å². The van der Waals surface area contributed by atoms with Gasteiger partial charge in [0.2, 0.25) is 5.13 Å². The van der Waals surface area contributed by atoms with Gasteiger partial charge in [-0.15, -0.1) is 10.2 Å². The summed E-state index contributed by atoms with van der Waals surface area (Å²) in [4.78, 5) is 2.38. The summed E-state index contributed by atoms with van der Waals surface area (Å²) in [5.41, 5.74) is 0. The Morgan fingerprint density at radius 3 is 2.71 bits per heavy atom. The van der Waals surface area contributed by atoms with Crippen molar-refractivity contribution in [3.05, 3.63) is 5.01 Å². The van der Waals surface area contributed by atoms with Crippen molar-refractivity contribution in [1.29, 1.82) is 0 Å². The van der Waals surface area contributed by atoms with Crippen molar-refractivity contribution in [1.82, 2.24) is 15.1 Å². The molecule has 1 saturated heterocycles. The number of hydrogen-bond acceptors (Lipinski definition) is 6. The third-order valence-corrected chi connectivity index (χ3v) is 3.51. The molecule has 2 rings (SSSR count). The summed E-state index contributed by atoms with van der Waals surface area (Å²) in [6, 6.07) is 0. The number of rotatable bonds is 4. The minimum Gasteiger partial charge on any atom is -0.373 e. The Morgan fingerprint density at radius 2 is 2.06 bits per heavy atom. The molecular weight excluding hydrogens is 236 g/mol. The number of nitrogens with one attached hydrogen (secondary N) is 1. The summed E-state index contributed by atoms with van der Waals surface area (Å²) in [6.07, 6.45) is 0.611. The molecule has 0 aliphatic carbocycles. The van der Waals surface area contributed by atoms with Gasteiger partial charge in [-0.05, 0) is 20.8 Å². The molecule has 1 aliphatic rings. The van der Waals surface area contributed by atoms with Crippen LogP contribution in [0.15, 0.2) is 0 Å². The molecule has 96 valence electrons. The van der Waals surface area contributed by atoms with E-state index in [1.54, 1.807) is 11.3 Å². The van der Waals surface area contributed by atoms with Gasteiger partial charge in [-0.3, -0.25) is 4.90 Å². The van der Waals surface area contributed by atoms with E-state index in [0.717, 1.165) is 36.3 Å². The quantitative estimate of drug-likeness (QED) is 0.886. The Labute approximate surface area is 106 Å². The Balaban J connectivity index is 1.90. The normalized spacial score (nSPS) is 26.1. The van der Waals surface area contributed by atoms with Gasteiger partial charge in [0.25, 0.3) is 0 Å². The van der Waals surface area contributed by atoms with Gasteiger partial charge < -0.3 is 10.1 Å². The zero-order valence-corrected chi connectivity index (χ0v) is 11.5. The first-order valence-electron chi connectivity index (χ1n) is 6.11. The van der Waals surface area contributed by atoms with Crippen molar-refractivity contribution in [3.8, 4) is 0 Å².